The maximum absolute atomic E-state index is 12.8. The molecule has 0 atom stereocenters. The summed E-state index contributed by atoms with van der Waals surface area (Å²) in [4.78, 5) is 30.1. The first-order valence-corrected chi connectivity index (χ1v) is 13.3. The Morgan fingerprint density at radius 3 is 2.49 bits per heavy atom. The highest BCUT2D eigenvalue weighted by atomic mass is 16.6. The number of nitrogens with zero attached hydrogens (tertiary/aromatic N) is 3. The van der Waals surface area contributed by atoms with E-state index in [1.54, 1.807) is 31.4 Å². The van der Waals surface area contributed by atoms with Crippen LogP contribution in [-0.2, 0) is 24.3 Å². The molecule has 2 heterocycles. The number of amides is 1. The second kappa shape index (κ2) is 12.4. The van der Waals surface area contributed by atoms with Crippen LogP contribution in [0, 0.1) is 6.92 Å². The first-order chi connectivity index (χ1) is 19.9. The lowest BCUT2D eigenvalue weighted by molar-refractivity contribution is -0.138. The highest BCUT2D eigenvalue weighted by Crippen LogP contribution is 2.24. The number of aliphatic carboxylic acids is 1. The van der Waals surface area contributed by atoms with Crippen molar-refractivity contribution in [3.63, 3.8) is 0 Å². The Balaban J connectivity index is 1.22. The summed E-state index contributed by atoms with van der Waals surface area (Å²) < 4.78 is 18.6. The van der Waals surface area contributed by atoms with Crippen molar-refractivity contribution in [1.82, 2.24) is 14.5 Å². The first kappa shape index (κ1) is 27.5. The monoisotopic (exact) mass is 553 g/mol. The van der Waals surface area contributed by atoms with E-state index in [0.29, 0.717) is 17.4 Å². The predicted molar refractivity (Wildman–Crippen MR) is 154 cm³/mol. The lowest BCUT2D eigenvalue weighted by atomic mass is 10.1. The Hall–Kier alpha value is -5.05. The molecule has 0 aliphatic carbocycles. The van der Waals surface area contributed by atoms with E-state index in [9.17, 15) is 14.7 Å². The van der Waals surface area contributed by atoms with Gasteiger partial charge < -0.3 is 23.6 Å². The number of hydrogen-bond acceptors (Lipinski definition) is 6. The molecule has 0 saturated heterocycles. The number of aryl methyl sites for hydroxylation is 3. The Morgan fingerprint density at radius 1 is 1.00 bits per heavy atom. The highest BCUT2D eigenvalue weighted by molar-refractivity contribution is 5.81. The number of carboxylic acids is 1. The number of hydrogen-bond donors (Lipinski definition) is 1. The molecule has 0 aliphatic rings. The summed E-state index contributed by atoms with van der Waals surface area (Å²) in [6.07, 6.45) is 2.97. The van der Waals surface area contributed by atoms with Crippen molar-refractivity contribution in [3.05, 3.63) is 102 Å². The fraction of sp³-hybridized carbons (Fsp3) is 0.219. The van der Waals surface area contributed by atoms with Crippen LogP contribution in [0.1, 0.15) is 23.4 Å². The van der Waals surface area contributed by atoms with E-state index >= 15 is 0 Å². The van der Waals surface area contributed by atoms with Crippen LogP contribution in [0.15, 0.2) is 89.5 Å². The fourth-order valence-corrected chi connectivity index (χ4v) is 4.70. The zero-order valence-electron chi connectivity index (χ0n) is 22.9. The second-order valence-corrected chi connectivity index (χ2v) is 9.69. The molecule has 0 unspecified atom stereocenters. The zero-order chi connectivity index (χ0) is 28.8. The number of ether oxygens (including phenoxy) is 2. The van der Waals surface area contributed by atoms with Gasteiger partial charge in [0.1, 0.15) is 23.8 Å². The van der Waals surface area contributed by atoms with Crippen LogP contribution in [-0.4, -0.2) is 45.3 Å². The molecule has 1 amide bonds. The average molecular weight is 554 g/mol. The molecule has 0 spiro atoms. The van der Waals surface area contributed by atoms with Crippen LogP contribution in [0.2, 0.25) is 0 Å². The third-order valence-corrected chi connectivity index (χ3v) is 6.78. The minimum Gasteiger partial charge on any atom is -0.497 e. The lowest BCUT2D eigenvalue weighted by Crippen LogP contribution is -2.37. The third kappa shape index (κ3) is 6.75. The molecular weight excluding hydrogens is 522 g/mol. The van der Waals surface area contributed by atoms with E-state index in [2.05, 4.69) is 4.57 Å². The van der Waals surface area contributed by atoms with Gasteiger partial charge >= 0.3 is 12.1 Å². The van der Waals surface area contributed by atoms with E-state index in [-0.39, 0.29) is 6.54 Å². The number of rotatable bonds is 11. The van der Waals surface area contributed by atoms with E-state index in [1.165, 1.54) is 0 Å². The molecule has 0 aliphatic heterocycles. The molecule has 3 aromatic carbocycles. The van der Waals surface area contributed by atoms with E-state index in [4.69, 9.17) is 18.9 Å². The summed E-state index contributed by atoms with van der Waals surface area (Å²) in [5.74, 6) is 1.28. The normalized spacial score (nSPS) is 11.0. The highest BCUT2D eigenvalue weighted by Gasteiger charge is 2.20. The number of carboxylic acid groups (broad SMARTS) is 1. The zero-order valence-corrected chi connectivity index (χ0v) is 22.9. The summed E-state index contributed by atoms with van der Waals surface area (Å²) in [5.41, 5.74) is 3.78. The lowest BCUT2D eigenvalue weighted by Gasteiger charge is -2.20. The van der Waals surface area contributed by atoms with Gasteiger partial charge in [0.25, 0.3) is 0 Å². The summed E-state index contributed by atoms with van der Waals surface area (Å²) >= 11 is 0. The Bertz CT molecular complexity index is 1640. The Morgan fingerprint density at radius 2 is 1.76 bits per heavy atom. The van der Waals surface area contributed by atoms with Crippen LogP contribution in [0.25, 0.3) is 22.4 Å². The van der Waals surface area contributed by atoms with E-state index in [1.807, 2.05) is 67.7 Å². The van der Waals surface area contributed by atoms with E-state index < -0.39 is 18.6 Å². The van der Waals surface area contributed by atoms with Gasteiger partial charge in [0.15, 0.2) is 0 Å². The van der Waals surface area contributed by atoms with Crippen molar-refractivity contribution in [1.29, 1.82) is 0 Å². The van der Waals surface area contributed by atoms with Gasteiger partial charge in [-0.25, -0.2) is 9.78 Å². The number of methoxy groups -OCH3 is 1. The minimum atomic E-state index is -1.12. The Kier molecular flexibility index (Phi) is 8.34. The van der Waals surface area contributed by atoms with Gasteiger partial charge in [0.05, 0.1) is 12.8 Å². The number of benzene rings is 3. The topological polar surface area (TPSA) is 107 Å². The van der Waals surface area contributed by atoms with Gasteiger partial charge in [0.2, 0.25) is 5.89 Å². The largest absolute Gasteiger partial charge is 0.497 e. The van der Waals surface area contributed by atoms with Crippen molar-refractivity contribution in [2.75, 3.05) is 13.7 Å². The van der Waals surface area contributed by atoms with Gasteiger partial charge in [-0.3, -0.25) is 9.69 Å². The molecular formula is C32H31N3O6. The average Bonchev–Trinajstić information content (AvgIpc) is 3.56. The number of aromatic nitrogens is 2. The molecule has 9 heteroatoms. The van der Waals surface area contributed by atoms with Crippen molar-refractivity contribution < 1.29 is 28.6 Å². The smallest absolute Gasteiger partial charge is 0.416 e. The number of carbonyl (C=O) groups excluding carboxylic acids is 1. The maximum atomic E-state index is 12.8. The maximum Gasteiger partial charge on any atom is 0.416 e. The molecule has 0 saturated carbocycles. The van der Waals surface area contributed by atoms with Crippen LogP contribution in [0.5, 0.6) is 11.5 Å². The predicted octanol–water partition coefficient (Wildman–Crippen LogP) is 6.33. The van der Waals surface area contributed by atoms with Gasteiger partial charge in [-0.05, 0) is 85.3 Å². The third-order valence-electron chi connectivity index (χ3n) is 6.78. The first-order valence-electron chi connectivity index (χ1n) is 13.3. The van der Waals surface area contributed by atoms with Crippen molar-refractivity contribution in [2.24, 2.45) is 0 Å². The molecule has 5 rings (SSSR count). The summed E-state index contributed by atoms with van der Waals surface area (Å²) in [6, 6.07) is 24.3. The van der Waals surface area contributed by atoms with Crippen LogP contribution < -0.4 is 9.47 Å². The van der Waals surface area contributed by atoms with Gasteiger partial charge in [0, 0.05) is 30.4 Å². The van der Waals surface area contributed by atoms with Crippen LogP contribution >= 0.6 is 0 Å². The minimum absolute atomic E-state index is 0.0948. The molecule has 41 heavy (non-hydrogen) atoms. The van der Waals surface area contributed by atoms with Gasteiger partial charge in [-0.15, -0.1) is 0 Å². The fourth-order valence-electron chi connectivity index (χ4n) is 4.70. The molecule has 1 N–H and O–H groups in total. The van der Waals surface area contributed by atoms with Gasteiger partial charge in [-0.1, -0.05) is 24.3 Å². The van der Waals surface area contributed by atoms with Crippen LogP contribution in [0.4, 0.5) is 4.79 Å². The molecule has 0 radical (unpaired) electrons. The van der Waals surface area contributed by atoms with Gasteiger partial charge in [-0.2, -0.15) is 0 Å². The number of carbonyl (C=O) groups is 2. The molecule has 9 nitrogen and oxygen atoms in total. The van der Waals surface area contributed by atoms with E-state index in [0.717, 1.165) is 57.8 Å². The summed E-state index contributed by atoms with van der Waals surface area (Å²) in [6.45, 7) is 2.36. The van der Waals surface area contributed by atoms with Crippen molar-refractivity contribution in [2.45, 2.75) is 32.9 Å². The summed E-state index contributed by atoms with van der Waals surface area (Å²) in [5, 5.41) is 10.4. The molecule has 210 valence electrons. The quantitative estimate of drug-likeness (QED) is 0.204. The summed E-state index contributed by atoms with van der Waals surface area (Å²) in [7, 11) is 1.54. The van der Waals surface area contributed by atoms with Crippen molar-refractivity contribution >= 4 is 23.0 Å². The molecule has 2 aromatic heterocycles. The van der Waals surface area contributed by atoms with Crippen molar-refractivity contribution in [3.8, 4) is 23.0 Å². The molecule has 0 bridgehead atoms. The molecule has 0 fully saturated rings. The molecule has 5 aromatic rings. The standard InChI is InChI=1S/C32H31N3O6/c1-22-28(33-31(40-22)24-7-4-3-5-8-24)9-6-17-34-18-16-25-19-23(10-15-29(25)34)20-35(21-30(36)37)32(38)41-27-13-11-26(39-2)12-14-27/h3-5,7-8,10-16,18-19H,6,9,17,20-21H2,1-2H3,(H,36,37). The SMILES string of the molecule is COc1ccc(OC(=O)N(CC(=O)O)Cc2ccc3c(ccn3CCCc3nc(-c4ccccc4)oc3C)c2)cc1. The number of oxazole rings is 1. The second-order valence-electron chi connectivity index (χ2n) is 9.69. The Labute approximate surface area is 237 Å². The number of fused-ring (bicyclic) bond motifs is 1. The van der Waals surface area contributed by atoms with Crippen LogP contribution in [0.3, 0.4) is 0 Å².